The zero-order valence-electron chi connectivity index (χ0n) is 12.3. The molecule has 1 heterocycles. The van der Waals surface area contributed by atoms with E-state index in [9.17, 15) is 9.59 Å². The maximum atomic E-state index is 12.6. The second-order valence-electron chi connectivity index (χ2n) is 4.96. The smallest absolute Gasteiger partial charge is 0.257 e. The first-order chi connectivity index (χ1) is 10.6. The highest BCUT2D eigenvalue weighted by Gasteiger charge is 2.26. The van der Waals surface area contributed by atoms with Crippen molar-refractivity contribution >= 4 is 35.0 Å². The molecule has 7 heteroatoms. The quantitative estimate of drug-likeness (QED) is 0.787. The van der Waals surface area contributed by atoms with Gasteiger partial charge >= 0.3 is 0 Å². The number of methoxy groups -OCH3 is 1. The van der Waals surface area contributed by atoms with Crippen LogP contribution in [0.25, 0.3) is 0 Å². The molecule has 5 nitrogen and oxygen atoms in total. The predicted octanol–water partition coefficient (Wildman–Crippen LogP) is 2.26. The largest absolute Gasteiger partial charge is 0.496 e. The number of benzene rings is 1. The van der Waals surface area contributed by atoms with Crippen LogP contribution in [0.4, 0.5) is 0 Å². The van der Waals surface area contributed by atoms with Crippen molar-refractivity contribution in [1.29, 1.82) is 0 Å². The van der Waals surface area contributed by atoms with Gasteiger partial charge in [0.05, 0.1) is 12.7 Å². The Morgan fingerprint density at radius 1 is 1.18 bits per heavy atom. The molecule has 0 aromatic heterocycles. The number of amides is 2. The molecule has 1 fully saturated rings. The average molecular weight is 345 g/mol. The first kappa shape index (κ1) is 16.9. The summed E-state index contributed by atoms with van der Waals surface area (Å²) < 4.78 is 5.22. The van der Waals surface area contributed by atoms with Gasteiger partial charge in [0, 0.05) is 43.5 Å². The standard InChI is InChI=1S/C15H18Cl2N2O3/c1-22-13-3-2-11(17)10-12(13)15(21)19-8-6-18(7-9-19)14(20)4-5-16/h2-3,10H,4-9H2,1H3. The first-order valence-electron chi connectivity index (χ1n) is 7.03. The van der Waals surface area contributed by atoms with Gasteiger partial charge < -0.3 is 14.5 Å². The van der Waals surface area contributed by atoms with E-state index in [1.807, 2.05) is 0 Å². The Morgan fingerprint density at radius 3 is 2.41 bits per heavy atom. The Labute approximate surface area is 139 Å². The molecule has 0 spiro atoms. The van der Waals surface area contributed by atoms with Gasteiger partial charge in [0.25, 0.3) is 5.91 Å². The fraction of sp³-hybridized carbons (Fsp3) is 0.467. The molecule has 22 heavy (non-hydrogen) atoms. The van der Waals surface area contributed by atoms with E-state index >= 15 is 0 Å². The van der Waals surface area contributed by atoms with Gasteiger partial charge in [0.1, 0.15) is 5.75 Å². The highest BCUT2D eigenvalue weighted by molar-refractivity contribution is 6.31. The number of ether oxygens (including phenoxy) is 1. The summed E-state index contributed by atoms with van der Waals surface area (Å²) in [5, 5.41) is 0.486. The summed E-state index contributed by atoms with van der Waals surface area (Å²) in [5.74, 6) is 0.707. The van der Waals surface area contributed by atoms with E-state index < -0.39 is 0 Å². The van der Waals surface area contributed by atoms with Crippen molar-refractivity contribution in [2.45, 2.75) is 6.42 Å². The van der Waals surface area contributed by atoms with E-state index in [-0.39, 0.29) is 11.8 Å². The Balaban J connectivity index is 2.04. The van der Waals surface area contributed by atoms with E-state index in [0.717, 1.165) is 0 Å². The topological polar surface area (TPSA) is 49.9 Å². The molecule has 2 rings (SSSR count). The van der Waals surface area contributed by atoms with E-state index in [0.29, 0.717) is 54.8 Å². The fourth-order valence-electron chi connectivity index (χ4n) is 2.42. The van der Waals surface area contributed by atoms with Gasteiger partial charge in [-0.1, -0.05) is 11.6 Å². The maximum absolute atomic E-state index is 12.6. The number of alkyl halides is 1. The number of hydrogen-bond donors (Lipinski definition) is 0. The molecular formula is C15H18Cl2N2O3. The van der Waals surface area contributed by atoms with Crippen molar-refractivity contribution < 1.29 is 14.3 Å². The number of hydrogen-bond acceptors (Lipinski definition) is 3. The molecule has 120 valence electrons. The van der Waals surface area contributed by atoms with Crippen molar-refractivity contribution in [3.8, 4) is 5.75 Å². The molecule has 0 bridgehead atoms. The van der Waals surface area contributed by atoms with Gasteiger partial charge in [-0.15, -0.1) is 11.6 Å². The Hall–Kier alpha value is -1.46. The lowest BCUT2D eigenvalue weighted by Crippen LogP contribution is -2.50. The Bertz CT molecular complexity index is 558. The molecule has 1 saturated heterocycles. The van der Waals surface area contributed by atoms with E-state index in [2.05, 4.69) is 0 Å². The molecule has 0 unspecified atom stereocenters. The highest BCUT2D eigenvalue weighted by Crippen LogP contribution is 2.24. The summed E-state index contributed by atoms with van der Waals surface area (Å²) in [4.78, 5) is 27.8. The third kappa shape index (κ3) is 3.84. The minimum atomic E-state index is -0.135. The number of nitrogens with zero attached hydrogens (tertiary/aromatic N) is 2. The summed E-state index contributed by atoms with van der Waals surface area (Å²) in [7, 11) is 1.52. The molecule has 1 aromatic carbocycles. The summed E-state index contributed by atoms with van der Waals surface area (Å²) in [5.41, 5.74) is 0.440. The number of rotatable bonds is 4. The Morgan fingerprint density at radius 2 is 1.82 bits per heavy atom. The van der Waals surface area contributed by atoms with Crippen LogP contribution in [0.2, 0.25) is 5.02 Å². The SMILES string of the molecule is COc1ccc(Cl)cc1C(=O)N1CCN(C(=O)CCCl)CC1. The van der Waals surface area contributed by atoms with E-state index in [1.165, 1.54) is 7.11 Å². The highest BCUT2D eigenvalue weighted by atomic mass is 35.5. The molecule has 0 aliphatic carbocycles. The van der Waals surface area contributed by atoms with Crippen LogP contribution in [0.1, 0.15) is 16.8 Å². The summed E-state index contributed by atoms with van der Waals surface area (Å²) in [6.45, 7) is 2.01. The predicted molar refractivity (Wildman–Crippen MR) is 85.8 cm³/mol. The monoisotopic (exact) mass is 344 g/mol. The summed E-state index contributed by atoms with van der Waals surface area (Å²) >= 11 is 11.5. The molecule has 0 saturated carbocycles. The zero-order chi connectivity index (χ0) is 16.1. The van der Waals surface area contributed by atoms with Gasteiger partial charge in [-0.2, -0.15) is 0 Å². The van der Waals surface area contributed by atoms with Crippen LogP contribution in [0.3, 0.4) is 0 Å². The molecule has 0 atom stereocenters. The van der Waals surface area contributed by atoms with Crippen molar-refractivity contribution in [1.82, 2.24) is 9.80 Å². The van der Waals surface area contributed by atoms with Gasteiger partial charge in [-0.25, -0.2) is 0 Å². The van der Waals surface area contributed by atoms with Gasteiger partial charge in [0.2, 0.25) is 5.91 Å². The second-order valence-corrected chi connectivity index (χ2v) is 5.77. The molecule has 2 amide bonds. The lowest BCUT2D eigenvalue weighted by molar-refractivity contribution is -0.132. The normalized spacial score (nSPS) is 14.9. The minimum absolute atomic E-state index is 0.0300. The van der Waals surface area contributed by atoms with Crippen LogP contribution in [-0.2, 0) is 4.79 Å². The summed E-state index contributed by atoms with van der Waals surface area (Å²) in [6, 6.07) is 4.96. The van der Waals surface area contributed by atoms with Crippen molar-refractivity contribution in [3.63, 3.8) is 0 Å². The third-order valence-corrected chi connectivity index (χ3v) is 4.04. The number of carbonyl (C=O) groups excluding carboxylic acids is 2. The van der Waals surface area contributed by atoms with E-state index in [1.54, 1.807) is 28.0 Å². The minimum Gasteiger partial charge on any atom is -0.496 e. The van der Waals surface area contributed by atoms with Crippen molar-refractivity contribution in [2.75, 3.05) is 39.2 Å². The molecule has 1 aliphatic heterocycles. The van der Waals surface area contributed by atoms with Crippen LogP contribution in [0.5, 0.6) is 5.75 Å². The van der Waals surface area contributed by atoms with Gasteiger partial charge in [-0.3, -0.25) is 9.59 Å². The molecule has 0 radical (unpaired) electrons. The molecule has 0 N–H and O–H groups in total. The lowest BCUT2D eigenvalue weighted by atomic mass is 10.1. The number of halogens is 2. The van der Waals surface area contributed by atoms with Crippen LogP contribution >= 0.6 is 23.2 Å². The summed E-state index contributed by atoms with van der Waals surface area (Å²) in [6.07, 6.45) is 0.331. The van der Waals surface area contributed by atoms with Crippen molar-refractivity contribution in [2.24, 2.45) is 0 Å². The van der Waals surface area contributed by atoms with Crippen LogP contribution in [-0.4, -0.2) is 60.8 Å². The maximum Gasteiger partial charge on any atom is 0.257 e. The van der Waals surface area contributed by atoms with Gasteiger partial charge in [-0.05, 0) is 18.2 Å². The van der Waals surface area contributed by atoms with Crippen molar-refractivity contribution in [3.05, 3.63) is 28.8 Å². The molecule has 1 aromatic rings. The first-order valence-corrected chi connectivity index (χ1v) is 7.94. The number of piperazine rings is 1. The lowest BCUT2D eigenvalue weighted by Gasteiger charge is -2.35. The number of carbonyl (C=O) groups is 2. The van der Waals surface area contributed by atoms with Crippen LogP contribution in [0.15, 0.2) is 18.2 Å². The third-order valence-electron chi connectivity index (χ3n) is 3.62. The average Bonchev–Trinajstić information content (AvgIpc) is 2.54. The fourth-order valence-corrected chi connectivity index (χ4v) is 2.75. The molecule has 1 aliphatic rings. The van der Waals surface area contributed by atoms with Gasteiger partial charge in [0.15, 0.2) is 0 Å². The second kappa shape index (κ2) is 7.70. The zero-order valence-corrected chi connectivity index (χ0v) is 13.9. The van der Waals surface area contributed by atoms with E-state index in [4.69, 9.17) is 27.9 Å². The Kier molecular flexibility index (Phi) is 5.91. The molecular weight excluding hydrogens is 327 g/mol. The van der Waals surface area contributed by atoms with Crippen LogP contribution in [0, 0.1) is 0 Å². The van der Waals surface area contributed by atoms with Crippen LogP contribution < -0.4 is 4.74 Å².